The van der Waals surface area contributed by atoms with Gasteiger partial charge >= 0.3 is 0 Å². The molecule has 1 saturated heterocycles. The summed E-state index contributed by atoms with van der Waals surface area (Å²) < 4.78 is 38.0. The lowest BCUT2D eigenvalue weighted by Crippen LogP contribution is -2.55. The number of alkyl halides is 2. The molecule has 1 aliphatic heterocycles. The lowest BCUT2D eigenvalue weighted by atomic mass is 9.72. The molecule has 0 amide bonds. The SMILES string of the molecule is OC[C@H]1O[C@@H](c2ccc(Cl)c(Cc3ccc(OCC4CCC(CF)(CF)CC4)cc3)c2)[C@H](O)[C@@H](O)[C@@H]1O. The number of benzene rings is 2. The molecule has 37 heavy (non-hydrogen) atoms. The molecular formula is C28H35ClF2O6. The third kappa shape index (κ3) is 6.44. The van der Waals surface area contributed by atoms with E-state index < -0.39 is 55.9 Å². The predicted molar refractivity (Wildman–Crippen MR) is 135 cm³/mol. The molecule has 1 saturated carbocycles. The zero-order chi connectivity index (χ0) is 26.6. The van der Waals surface area contributed by atoms with Gasteiger partial charge in [0.15, 0.2) is 0 Å². The van der Waals surface area contributed by atoms with Gasteiger partial charge in [-0.15, -0.1) is 0 Å². The number of hydrogen-bond donors (Lipinski definition) is 4. The van der Waals surface area contributed by atoms with Crippen LogP contribution in [-0.4, -0.2) is 71.4 Å². The first kappa shape index (κ1) is 28.2. The minimum absolute atomic E-state index is 0.287. The predicted octanol–water partition coefficient (Wildman–Crippen LogP) is 3.94. The average Bonchev–Trinajstić information content (AvgIpc) is 2.93. The van der Waals surface area contributed by atoms with E-state index in [1.165, 1.54) is 0 Å². The van der Waals surface area contributed by atoms with Gasteiger partial charge in [-0.25, -0.2) is 0 Å². The minimum atomic E-state index is -1.45. The van der Waals surface area contributed by atoms with E-state index in [1.54, 1.807) is 18.2 Å². The first-order valence-corrected chi connectivity index (χ1v) is 13.1. The molecule has 2 aromatic rings. The van der Waals surface area contributed by atoms with Crippen LogP contribution in [0.25, 0.3) is 0 Å². The molecule has 5 atom stereocenters. The Morgan fingerprint density at radius 3 is 2.24 bits per heavy atom. The molecule has 0 radical (unpaired) electrons. The van der Waals surface area contributed by atoms with Crippen molar-refractivity contribution in [1.29, 1.82) is 0 Å². The van der Waals surface area contributed by atoms with Crippen molar-refractivity contribution < 1.29 is 38.7 Å². The van der Waals surface area contributed by atoms with Gasteiger partial charge in [0.1, 0.15) is 36.3 Å². The average molecular weight is 541 g/mol. The second-order valence-corrected chi connectivity index (χ2v) is 10.8. The number of aliphatic hydroxyl groups is 4. The Bertz CT molecular complexity index is 1010. The fourth-order valence-electron chi connectivity index (χ4n) is 5.18. The van der Waals surface area contributed by atoms with Gasteiger partial charge in [-0.3, -0.25) is 8.78 Å². The highest BCUT2D eigenvalue weighted by atomic mass is 35.5. The van der Waals surface area contributed by atoms with E-state index in [0.29, 0.717) is 36.5 Å². The largest absolute Gasteiger partial charge is 0.493 e. The van der Waals surface area contributed by atoms with Crippen LogP contribution in [-0.2, 0) is 11.2 Å². The van der Waals surface area contributed by atoms with Crippen molar-refractivity contribution >= 4 is 11.6 Å². The summed E-state index contributed by atoms with van der Waals surface area (Å²) in [5.74, 6) is 1.01. The highest BCUT2D eigenvalue weighted by Gasteiger charge is 2.44. The zero-order valence-corrected chi connectivity index (χ0v) is 21.4. The van der Waals surface area contributed by atoms with Gasteiger partial charge in [0.25, 0.3) is 0 Å². The third-order valence-corrected chi connectivity index (χ3v) is 8.20. The van der Waals surface area contributed by atoms with Gasteiger partial charge in [0, 0.05) is 10.4 Å². The first-order chi connectivity index (χ1) is 17.8. The molecule has 204 valence electrons. The lowest BCUT2D eigenvalue weighted by Gasteiger charge is -2.40. The smallest absolute Gasteiger partial charge is 0.119 e. The monoisotopic (exact) mass is 540 g/mol. The number of ether oxygens (including phenoxy) is 2. The molecule has 4 rings (SSSR count). The summed E-state index contributed by atoms with van der Waals surface area (Å²) in [6.07, 6.45) is -3.03. The molecule has 2 aromatic carbocycles. The van der Waals surface area contributed by atoms with Crippen molar-refractivity contribution in [3.8, 4) is 5.75 Å². The van der Waals surface area contributed by atoms with E-state index >= 15 is 0 Å². The van der Waals surface area contributed by atoms with Crippen molar-refractivity contribution in [1.82, 2.24) is 0 Å². The van der Waals surface area contributed by atoms with Crippen molar-refractivity contribution in [3.63, 3.8) is 0 Å². The van der Waals surface area contributed by atoms with Crippen LogP contribution in [0.4, 0.5) is 8.78 Å². The van der Waals surface area contributed by atoms with Crippen molar-refractivity contribution in [3.05, 3.63) is 64.2 Å². The van der Waals surface area contributed by atoms with Gasteiger partial charge in [0.05, 0.1) is 26.6 Å². The van der Waals surface area contributed by atoms with E-state index in [1.807, 2.05) is 24.3 Å². The maximum atomic E-state index is 13.2. The van der Waals surface area contributed by atoms with Crippen LogP contribution in [0.1, 0.15) is 48.5 Å². The van der Waals surface area contributed by atoms with E-state index in [-0.39, 0.29) is 5.92 Å². The summed E-state index contributed by atoms with van der Waals surface area (Å²) in [4.78, 5) is 0. The van der Waals surface area contributed by atoms with Crippen LogP contribution in [0.15, 0.2) is 42.5 Å². The summed E-state index contributed by atoms with van der Waals surface area (Å²) in [7, 11) is 0. The van der Waals surface area contributed by atoms with Gasteiger partial charge in [-0.1, -0.05) is 35.9 Å². The third-order valence-electron chi connectivity index (χ3n) is 7.83. The molecule has 2 fully saturated rings. The van der Waals surface area contributed by atoms with Gasteiger partial charge in [0.2, 0.25) is 0 Å². The summed E-state index contributed by atoms with van der Waals surface area (Å²) >= 11 is 6.43. The van der Waals surface area contributed by atoms with Gasteiger partial charge < -0.3 is 29.9 Å². The van der Waals surface area contributed by atoms with Gasteiger partial charge in [-0.05, 0) is 72.9 Å². The second kappa shape index (κ2) is 12.4. The van der Waals surface area contributed by atoms with Crippen LogP contribution >= 0.6 is 11.6 Å². The normalized spacial score (nSPS) is 28.2. The van der Waals surface area contributed by atoms with Crippen LogP contribution in [0, 0.1) is 11.3 Å². The maximum Gasteiger partial charge on any atom is 0.119 e. The van der Waals surface area contributed by atoms with E-state index in [4.69, 9.17) is 21.1 Å². The van der Waals surface area contributed by atoms with Crippen molar-refractivity contribution in [2.75, 3.05) is 26.6 Å². The molecule has 4 N–H and O–H groups in total. The number of rotatable bonds is 9. The fraction of sp³-hybridized carbons (Fsp3) is 0.571. The Labute approximate surface area is 220 Å². The fourth-order valence-corrected chi connectivity index (χ4v) is 5.37. The van der Waals surface area contributed by atoms with Crippen molar-refractivity contribution in [2.45, 2.75) is 62.6 Å². The number of hydrogen-bond acceptors (Lipinski definition) is 6. The molecular weight excluding hydrogens is 506 g/mol. The van der Waals surface area contributed by atoms with E-state index in [2.05, 4.69) is 0 Å². The molecule has 0 aromatic heterocycles. The Kier molecular flexibility index (Phi) is 9.43. The highest BCUT2D eigenvalue weighted by Crippen LogP contribution is 2.40. The minimum Gasteiger partial charge on any atom is -0.493 e. The van der Waals surface area contributed by atoms with Crippen LogP contribution in [0.5, 0.6) is 5.75 Å². The zero-order valence-electron chi connectivity index (χ0n) is 20.6. The Morgan fingerprint density at radius 2 is 1.62 bits per heavy atom. The Morgan fingerprint density at radius 1 is 0.946 bits per heavy atom. The molecule has 0 spiro atoms. The van der Waals surface area contributed by atoms with Crippen LogP contribution < -0.4 is 4.74 Å². The Hall–Kier alpha value is -1.81. The molecule has 1 aliphatic carbocycles. The molecule has 2 aliphatic rings. The highest BCUT2D eigenvalue weighted by molar-refractivity contribution is 6.31. The van der Waals surface area contributed by atoms with Gasteiger partial charge in [-0.2, -0.15) is 0 Å². The summed E-state index contributed by atoms with van der Waals surface area (Å²) in [6, 6.07) is 12.8. The van der Waals surface area contributed by atoms with E-state index in [0.717, 1.165) is 29.7 Å². The molecule has 1 heterocycles. The lowest BCUT2D eigenvalue weighted by molar-refractivity contribution is -0.231. The number of halogens is 3. The first-order valence-electron chi connectivity index (χ1n) is 12.7. The summed E-state index contributed by atoms with van der Waals surface area (Å²) in [5.41, 5.74) is 1.55. The molecule has 0 bridgehead atoms. The standard InChI is InChI=1S/C28H35ClF2O6/c29-22-6-3-19(27-26(35)25(34)24(33)23(13-32)37-27)12-20(22)11-17-1-4-21(5-2-17)36-14-18-7-9-28(15-30,16-31)10-8-18/h1-6,12,18,23-27,32-35H,7-11,13-16H2/t23-,24-,25+,26-,27+/m1/s1. The number of aliphatic hydroxyl groups excluding tert-OH is 4. The second-order valence-electron chi connectivity index (χ2n) is 10.4. The van der Waals surface area contributed by atoms with Crippen LogP contribution in [0.3, 0.4) is 0 Å². The van der Waals surface area contributed by atoms with E-state index in [9.17, 15) is 29.2 Å². The summed E-state index contributed by atoms with van der Waals surface area (Å²) in [5, 5.41) is 40.6. The summed E-state index contributed by atoms with van der Waals surface area (Å²) in [6.45, 7) is -1.18. The Balaban J connectivity index is 1.36. The molecule has 0 unspecified atom stereocenters. The quantitative estimate of drug-likeness (QED) is 0.384. The topological polar surface area (TPSA) is 99.4 Å². The molecule has 9 heteroatoms. The molecule has 6 nitrogen and oxygen atoms in total. The van der Waals surface area contributed by atoms with Crippen molar-refractivity contribution in [2.24, 2.45) is 11.3 Å². The van der Waals surface area contributed by atoms with Crippen LogP contribution in [0.2, 0.25) is 5.02 Å². The maximum absolute atomic E-state index is 13.2.